The molecule has 5 heteroatoms. The van der Waals surface area contributed by atoms with E-state index in [2.05, 4.69) is 0 Å². The summed E-state index contributed by atoms with van der Waals surface area (Å²) in [6, 6.07) is 8.54. The molecule has 0 saturated carbocycles. The minimum atomic E-state index is -0.196. The van der Waals surface area contributed by atoms with Crippen molar-refractivity contribution in [2.24, 2.45) is 0 Å². The van der Waals surface area contributed by atoms with Crippen LogP contribution in [0.25, 0.3) is 6.08 Å². The average Bonchev–Trinajstić information content (AvgIpc) is 2.57. The lowest BCUT2D eigenvalue weighted by molar-refractivity contribution is 0.259. The second kappa shape index (κ2) is 6.69. The zero-order valence-electron chi connectivity index (χ0n) is 13.3. The minimum absolute atomic E-state index is 0.0247. The van der Waals surface area contributed by atoms with E-state index in [4.69, 9.17) is 9.47 Å². The molecule has 124 valence electrons. The third-order valence-electron chi connectivity index (χ3n) is 4.09. The summed E-state index contributed by atoms with van der Waals surface area (Å²) in [5, 5.41) is 19.2. The van der Waals surface area contributed by atoms with Crippen molar-refractivity contribution in [3.63, 3.8) is 0 Å². The van der Waals surface area contributed by atoms with E-state index in [0.717, 1.165) is 16.7 Å². The third kappa shape index (κ3) is 3.07. The first-order valence-corrected chi connectivity index (χ1v) is 7.77. The lowest BCUT2D eigenvalue weighted by atomic mass is 9.87. The fraction of sp³-hybridized carbons (Fsp3) is 0.263. The lowest BCUT2D eigenvalue weighted by Crippen LogP contribution is -2.20. The van der Waals surface area contributed by atoms with Crippen LogP contribution in [0.1, 0.15) is 29.5 Å². The Hall–Kier alpha value is -2.91. The molecule has 0 radical (unpaired) electrons. The standard InChI is InChI=1S/C19H18O5/c1-2-23-15-3-4-16(12(8-15)5-6-20)14-7-13-9-17(21)18(22)10-19(13)24-11-14/h3-5,8-10,14,21-22H,2,7,11H2,1H3. The number of aromatic hydroxyl groups is 2. The molecule has 5 nitrogen and oxygen atoms in total. The zero-order valence-corrected chi connectivity index (χ0v) is 13.3. The highest BCUT2D eigenvalue weighted by Crippen LogP contribution is 2.40. The molecule has 1 heterocycles. The smallest absolute Gasteiger partial charge is 0.161 e. The Balaban J connectivity index is 1.94. The van der Waals surface area contributed by atoms with Crippen LogP contribution in [0.5, 0.6) is 23.0 Å². The van der Waals surface area contributed by atoms with Gasteiger partial charge in [0, 0.05) is 18.1 Å². The van der Waals surface area contributed by atoms with Gasteiger partial charge in [-0.2, -0.15) is 0 Å². The van der Waals surface area contributed by atoms with E-state index in [1.54, 1.807) is 0 Å². The number of fused-ring (bicyclic) bond motifs is 1. The van der Waals surface area contributed by atoms with Crippen molar-refractivity contribution in [2.75, 3.05) is 13.2 Å². The molecule has 0 spiro atoms. The summed E-state index contributed by atoms with van der Waals surface area (Å²) in [7, 11) is 0. The molecule has 2 N–H and O–H groups in total. The minimum Gasteiger partial charge on any atom is -0.504 e. The van der Waals surface area contributed by atoms with E-state index in [-0.39, 0.29) is 17.4 Å². The Kier molecular flexibility index (Phi) is 4.45. The van der Waals surface area contributed by atoms with Crippen molar-refractivity contribution in [3.05, 3.63) is 47.0 Å². The van der Waals surface area contributed by atoms with Gasteiger partial charge in [0.25, 0.3) is 0 Å². The molecule has 1 unspecified atom stereocenters. The van der Waals surface area contributed by atoms with Crippen LogP contribution in [0.4, 0.5) is 0 Å². The maximum atomic E-state index is 10.8. The number of benzene rings is 2. The van der Waals surface area contributed by atoms with Crippen LogP contribution in [0.2, 0.25) is 0 Å². The summed E-state index contributed by atoms with van der Waals surface area (Å²) in [4.78, 5) is 10.8. The van der Waals surface area contributed by atoms with E-state index in [9.17, 15) is 15.0 Å². The molecular weight excluding hydrogens is 308 g/mol. The van der Waals surface area contributed by atoms with Crippen LogP contribution >= 0.6 is 0 Å². The average molecular weight is 326 g/mol. The Morgan fingerprint density at radius 3 is 2.83 bits per heavy atom. The molecule has 0 fully saturated rings. The van der Waals surface area contributed by atoms with Gasteiger partial charge in [0.2, 0.25) is 0 Å². The first kappa shape index (κ1) is 16.0. The molecular formula is C19H18O5. The molecule has 2 aromatic rings. The highest BCUT2D eigenvalue weighted by molar-refractivity contribution is 5.77. The van der Waals surface area contributed by atoms with Gasteiger partial charge in [0.1, 0.15) is 17.4 Å². The Labute approximate surface area is 139 Å². The van der Waals surface area contributed by atoms with Crippen LogP contribution in [0, 0.1) is 0 Å². The summed E-state index contributed by atoms with van der Waals surface area (Å²) in [6.07, 6.45) is 2.03. The van der Waals surface area contributed by atoms with Crippen molar-refractivity contribution in [1.29, 1.82) is 0 Å². The van der Waals surface area contributed by atoms with Crippen molar-refractivity contribution in [1.82, 2.24) is 0 Å². The van der Waals surface area contributed by atoms with E-state index in [1.807, 2.05) is 31.1 Å². The molecule has 2 aromatic carbocycles. The highest BCUT2D eigenvalue weighted by Gasteiger charge is 2.24. The number of ether oxygens (including phenoxy) is 2. The van der Waals surface area contributed by atoms with Crippen molar-refractivity contribution >= 4 is 12.0 Å². The topological polar surface area (TPSA) is 76.0 Å². The number of hydrogen-bond donors (Lipinski definition) is 2. The van der Waals surface area contributed by atoms with Crippen LogP contribution in [0.3, 0.4) is 0 Å². The molecule has 1 aliphatic heterocycles. The SMILES string of the molecule is CCOc1ccc(C2COc3cc(O)c(O)cc3C2)c(C=C=O)c1. The molecule has 0 aliphatic carbocycles. The maximum absolute atomic E-state index is 10.8. The highest BCUT2D eigenvalue weighted by atomic mass is 16.5. The summed E-state index contributed by atoms with van der Waals surface area (Å²) in [5.74, 6) is 2.75. The first-order valence-electron chi connectivity index (χ1n) is 7.77. The quantitative estimate of drug-likeness (QED) is 0.667. The Morgan fingerprint density at radius 1 is 1.29 bits per heavy atom. The molecule has 0 aromatic heterocycles. The second-order valence-corrected chi connectivity index (χ2v) is 5.65. The molecule has 1 atom stereocenters. The summed E-state index contributed by atoms with van der Waals surface area (Å²) in [5.41, 5.74) is 2.52. The van der Waals surface area contributed by atoms with Crippen LogP contribution in [-0.2, 0) is 11.2 Å². The van der Waals surface area contributed by atoms with Gasteiger partial charge in [-0.15, -0.1) is 0 Å². The Bertz CT molecular complexity index is 806. The number of phenolic OH excluding ortho intramolecular Hbond substituents is 2. The van der Waals surface area contributed by atoms with Gasteiger partial charge in [-0.3, -0.25) is 0 Å². The van der Waals surface area contributed by atoms with Gasteiger partial charge < -0.3 is 19.7 Å². The van der Waals surface area contributed by atoms with E-state index in [1.165, 1.54) is 18.2 Å². The van der Waals surface area contributed by atoms with Crippen molar-refractivity contribution in [3.8, 4) is 23.0 Å². The summed E-state index contributed by atoms with van der Waals surface area (Å²) < 4.78 is 11.2. The molecule has 0 saturated heterocycles. The first-order chi connectivity index (χ1) is 11.6. The molecule has 0 bridgehead atoms. The number of phenols is 2. The monoisotopic (exact) mass is 326 g/mol. The van der Waals surface area contributed by atoms with E-state index >= 15 is 0 Å². The van der Waals surface area contributed by atoms with Crippen LogP contribution in [0.15, 0.2) is 30.3 Å². The lowest BCUT2D eigenvalue weighted by Gasteiger charge is -2.27. The fourth-order valence-electron chi connectivity index (χ4n) is 2.98. The number of rotatable bonds is 4. The number of carbonyl (C=O) groups excluding carboxylic acids is 1. The van der Waals surface area contributed by atoms with Gasteiger partial charge in [-0.1, -0.05) is 6.07 Å². The summed E-state index contributed by atoms with van der Waals surface area (Å²) in [6.45, 7) is 2.87. The predicted octanol–water partition coefficient (Wildman–Crippen LogP) is 3.06. The second-order valence-electron chi connectivity index (χ2n) is 5.65. The Morgan fingerprint density at radius 2 is 2.08 bits per heavy atom. The third-order valence-corrected chi connectivity index (χ3v) is 4.09. The van der Waals surface area contributed by atoms with Gasteiger partial charge in [-0.25, -0.2) is 4.79 Å². The molecule has 0 amide bonds. The maximum Gasteiger partial charge on any atom is 0.161 e. The van der Waals surface area contributed by atoms with Gasteiger partial charge >= 0.3 is 0 Å². The predicted molar refractivity (Wildman–Crippen MR) is 89.5 cm³/mol. The van der Waals surface area contributed by atoms with E-state index in [0.29, 0.717) is 31.1 Å². The summed E-state index contributed by atoms with van der Waals surface area (Å²) >= 11 is 0. The molecule has 1 aliphatic rings. The normalized spacial score (nSPS) is 15.8. The van der Waals surface area contributed by atoms with Crippen LogP contribution < -0.4 is 9.47 Å². The van der Waals surface area contributed by atoms with Crippen molar-refractivity contribution < 1.29 is 24.5 Å². The van der Waals surface area contributed by atoms with Crippen LogP contribution in [-0.4, -0.2) is 29.4 Å². The van der Waals surface area contributed by atoms with Gasteiger partial charge in [0.05, 0.1) is 13.2 Å². The van der Waals surface area contributed by atoms with E-state index < -0.39 is 0 Å². The zero-order chi connectivity index (χ0) is 17.1. The molecule has 24 heavy (non-hydrogen) atoms. The largest absolute Gasteiger partial charge is 0.504 e. The number of hydrogen-bond acceptors (Lipinski definition) is 5. The molecule has 3 rings (SSSR count). The van der Waals surface area contributed by atoms with Crippen molar-refractivity contribution in [2.45, 2.75) is 19.3 Å². The van der Waals surface area contributed by atoms with Gasteiger partial charge in [0.15, 0.2) is 11.5 Å². The fourth-order valence-corrected chi connectivity index (χ4v) is 2.98. The van der Waals surface area contributed by atoms with Gasteiger partial charge in [-0.05, 0) is 48.2 Å².